The maximum absolute atomic E-state index is 5.67. The van der Waals surface area contributed by atoms with Crippen molar-refractivity contribution in [3.8, 4) is 0 Å². The smallest absolute Gasteiger partial charge is 0.188 e. The van der Waals surface area contributed by atoms with Crippen LogP contribution in [0.2, 0.25) is 0 Å². The van der Waals surface area contributed by atoms with Crippen LogP contribution in [0.5, 0.6) is 0 Å². The molecule has 0 saturated heterocycles. The van der Waals surface area contributed by atoms with E-state index in [9.17, 15) is 0 Å². The Labute approximate surface area is 90.4 Å². The van der Waals surface area contributed by atoms with E-state index in [4.69, 9.17) is 5.73 Å². The first-order valence-corrected chi connectivity index (χ1v) is 5.14. The molecule has 5 nitrogen and oxygen atoms in total. The average molecular weight is 209 g/mol. The lowest BCUT2D eigenvalue weighted by Gasteiger charge is -2.08. The molecule has 0 aliphatic heterocycles. The summed E-state index contributed by atoms with van der Waals surface area (Å²) in [6.07, 6.45) is 3.73. The van der Waals surface area contributed by atoms with Gasteiger partial charge in [0.15, 0.2) is 5.96 Å². The van der Waals surface area contributed by atoms with Gasteiger partial charge in [0.25, 0.3) is 0 Å². The van der Waals surface area contributed by atoms with Gasteiger partial charge in [0.2, 0.25) is 0 Å². The van der Waals surface area contributed by atoms with Gasteiger partial charge in [-0.15, -0.1) is 0 Å². The van der Waals surface area contributed by atoms with Crippen molar-refractivity contribution in [2.75, 3.05) is 6.54 Å². The summed E-state index contributed by atoms with van der Waals surface area (Å²) in [5.74, 6) is 1.50. The minimum Gasteiger partial charge on any atom is -0.370 e. The number of imidazole rings is 1. The molecule has 1 aromatic heterocycles. The average Bonchev–Trinajstić information content (AvgIpc) is 2.50. The van der Waals surface area contributed by atoms with Crippen LogP contribution < -0.4 is 11.1 Å². The lowest BCUT2D eigenvalue weighted by Crippen LogP contribution is -2.37. The lowest BCUT2D eigenvalue weighted by atomic mass is 10.4. The van der Waals surface area contributed by atoms with E-state index in [0.29, 0.717) is 18.5 Å². The number of aryl methyl sites for hydroxylation is 1. The highest BCUT2D eigenvalue weighted by atomic mass is 15.1. The number of nitrogens with zero attached hydrogens (tertiary/aromatic N) is 3. The van der Waals surface area contributed by atoms with E-state index in [2.05, 4.69) is 15.3 Å². The summed E-state index contributed by atoms with van der Waals surface area (Å²) >= 11 is 0. The molecule has 0 radical (unpaired) electrons. The van der Waals surface area contributed by atoms with Crippen LogP contribution in [0.15, 0.2) is 17.4 Å². The van der Waals surface area contributed by atoms with Gasteiger partial charge in [0, 0.05) is 25.0 Å². The third-order valence-corrected chi connectivity index (χ3v) is 1.98. The molecular formula is C10H19N5. The zero-order valence-electron chi connectivity index (χ0n) is 9.57. The zero-order chi connectivity index (χ0) is 11.3. The van der Waals surface area contributed by atoms with Crippen LogP contribution in [-0.4, -0.2) is 28.1 Å². The Morgan fingerprint density at radius 3 is 2.93 bits per heavy atom. The highest BCUT2D eigenvalue weighted by molar-refractivity contribution is 5.77. The Kier molecular flexibility index (Phi) is 4.15. The Bertz CT molecular complexity index is 326. The number of hydrogen-bond acceptors (Lipinski definition) is 2. The van der Waals surface area contributed by atoms with Crippen LogP contribution in [0.1, 0.15) is 19.7 Å². The van der Waals surface area contributed by atoms with Crippen molar-refractivity contribution >= 4 is 5.96 Å². The summed E-state index contributed by atoms with van der Waals surface area (Å²) in [7, 11) is 0. The quantitative estimate of drug-likeness (QED) is 0.560. The number of nitrogens with two attached hydrogens (primary N) is 1. The van der Waals surface area contributed by atoms with E-state index in [1.54, 1.807) is 6.20 Å². The molecule has 0 aromatic carbocycles. The van der Waals surface area contributed by atoms with Gasteiger partial charge in [-0.25, -0.2) is 4.98 Å². The van der Waals surface area contributed by atoms with Crippen molar-refractivity contribution in [2.24, 2.45) is 10.7 Å². The SMILES string of the molecule is Cc1nccn1CCN=C(N)NC(C)C. The molecule has 1 heterocycles. The van der Waals surface area contributed by atoms with E-state index in [0.717, 1.165) is 12.4 Å². The van der Waals surface area contributed by atoms with Crippen molar-refractivity contribution in [3.05, 3.63) is 18.2 Å². The van der Waals surface area contributed by atoms with Crippen LogP contribution >= 0.6 is 0 Å². The number of guanidine groups is 1. The van der Waals surface area contributed by atoms with Gasteiger partial charge in [-0.05, 0) is 20.8 Å². The molecule has 15 heavy (non-hydrogen) atoms. The van der Waals surface area contributed by atoms with Crippen LogP contribution in [0.25, 0.3) is 0 Å². The van der Waals surface area contributed by atoms with Gasteiger partial charge in [-0.1, -0.05) is 0 Å². The molecule has 0 unspecified atom stereocenters. The number of nitrogens with one attached hydrogen (secondary N) is 1. The molecule has 5 heteroatoms. The fourth-order valence-corrected chi connectivity index (χ4v) is 1.26. The van der Waals surface area contributed by atoms with Crippen molar-refractivity contribution in [3.63, 3.8) is 0 Å². The maximum atomic E-state index is 5.67. The van der Waals surface area contributed by atoms with Crippen molar-refractivity contribution in [2.45, 2.75) is 33.4 Å². The Morgan fingerprint density at radius 2 is 2.40 bits per heavy atom. The summed E-state index contributed by atoms with van der Waals surface area (Å²) in [5.41, 5.74) is 5.67. The van der Waals surface area contributed by atoms with Gasteiger partial charge >= 0.3 is 0 Å². The normalized spacial score (nSPS) is 12.1. The van der Waals surface area contributed by atoms with Crippen molar-refractivity contribution in [1.29, 1.82) is 0 Å². The number of hydrogen-bond donors (Lipinski definition) is 2. The highest BCUT2D eigenvalue weighted by Crippen LogP contribution is 1.94. The molecule has 0 spiro atoms. The third-order valence-electron chi connectivity index (χ3n) is 1.98. The second-order valence-corrected chi connectivity index (χ2v) is 3.73. The molecule has 1 rings (SSSR count). The third kappa shape index (κ3) is 4.01. The summed E-state index contributed by atoms with van der Waals surface area (Å²) < 4.78 is 2.05. The molecule has 0 saturated carbocycles. The predicted molar refractivity (Wildman–Crippen MR) is 61.7 cm³/mol. The van der Waals surface area contributed by atoms with E-state index < -0.39 is 0 Å². The molecule has 84 valence electrons. The molecule has 0 aliphatic rings. The number of aromatic nitrogens is 2. The lowest BCUT2D eigenvalue weighted by molar-refractivity contribution is 0.674. The standard InChI is InChI=1S/C10H19N5/c1-8(2)14-10(11)13-5-7-15-6-4-12-9(15)3/h4,6,8H,5,7H2,1-3H3,(H3,11,13,14). The van der Waals surface area contributed by atoms with E-state index in [1.165, 1.54) is 0 Å². The fraction of sp³-hybridized carbons (Fsp3) is 0.600. The summed E-state index contributed by atoms with van der Waals surface area (Å²) in [6.45, 7) is 7.51. The topological polar surface area (TPSA) is 68.2 Å². The molecular weight excluding hydrogens is 190 g/mol. The second-order valence-electron chi connectivity index (χ2n) is 3.73. The fourth-order valence-electron chi connectivity index (χ4n) is 1.26. The monoisotopic (exact) mass is 209 g/mol. The van der Waals surface area contributed by atoms with Crippen LogP contribution in [0.4, 0.5) is 0 Å². The number of rotatable bonds is 4. The first kappa shape index (κ1) is 11.6. The van der Waals surface area contributed by atoms with Crippen LogP contribution in [0, 0.1) is 6.92 Å². The molecule has 0 fully saturated rings. The summed E-state index contributed by atoms with van der Waals surface area (Å²) in [5, 5.41) is 3.04. The van der Waals surface area contributed by atoms with Gasteiger partial charge in [-0.3, -0.25) is 4.99 Å². The van der Waals surface area contributed by atoms with Crippen LogP contribution in [-0.2, 0) is 6.54 Å². The predicted octanol–water partition coefficient (Wildman–Crippen LogP) is 0.504. The summed E-state index contributed by atoms with van der Waals surface area (Å²) in [6, 6.07) is 0.323. The molecule has 0 amide bonds. The maximum Gasteiger partial charge on any atom is 0.188 e. The van der Waals surface area contributed by atoms with E-state index in [-0.39, 0.29) is 0 Å². The van der Waals surface area contributed by atoms with Crippen molar-refractivity contribution < 1.29 is 0 Å². The molecule has 0 atom stereocenters. The molecule has 0 aliphatic carbocycles. The summed E-state index contributed by atoms with van der Waals surface area (Å²) in [4.78, 5) is 8.35. The molecule has 1 aromatic rings. The van der Waals surface area contributed by atoms with E-state index >= 15 is 0 Å². The first-order chi connectivity index (χ1) is 7.09. The Balaban J connectivity index is 2.35. The van der Waals surface area contributed by atoms with Crippen molar-refractivity contribution in [1.82, 2.24) is 14.9 Å². The Hall–Kier alpha value is -1.52. The minimum absolute atomic E-state index is 0.323. The highest BCUT2D eigenvalue weighted by Gasteiger charge is 1.96. The molecule has 0 bridgehead atoms. The number of aliphatic imine (C=N–C) groups is 1. The Morgan fingerprint density at radius 1 is 1.67 bits per heavy atom. The second kappa shape index (κ2) is 5.38. The van der Waals surface area contributed by atoms with Gasteiger partial charge in [0.1, 0.15) is 5.82 Å². The molecule has 3 N–H and O–H groups in total. The van der Waals surface area contributed by atoms with Gasteiger partial charge in [-0.2, -0.15) is 0 Å². The first-order valence-electron chi connectivity index (χ1n) is 5.14. The van der Waals surface area contributed by atoms with Crippen LogP contribution in [0.3, 0.4) is 0 Å². The van der Waals surface area contributed by atoms with Gasteiger partial charge < -0.3 is 15.6 Å². The van der Waals surface area contributed by atoms with E-state index in [1.807, 2.05) is 31.5 Å². The largest absolute Gasteiger partial charge is 0.370 e. The van der Waals surface area contributed by atoms with Gasteiger partial charge in [0.05, 0.1) is 6.54 Å². The zero-order valence-corrected chi connectivity index (χ0v) is 9.57. The minimum atomic E-state index is 0.323.